The number of hydrogen-bond acceptors (Lipinski definition) is 5. The van der Waals surface area contributed by atoms with E-state index in [-0.39, 0.29) is 0 Å². The van der Waals surface area contributed by atoms with Gasteiger partial charge in [-0.25, -0.2) is 4.98 Å². The molecule has 1 aromatic carbocycles. The molecule has 0 aliphatic carbocycles. The van der Waals surface area contributed by atoms with Gasteiger partial charge in [0.15, 0.2) is 5.13 Å². The van der Waals surface area contributed by atoms with E-state index in [0.717, 1.165) is 36.2 Å². The molecule has 1 aromatic heterocycles. The molecule has 0 aliphatic rings. The largest absolute Gasteiger partial charge is 0.495 e. The second-order valence-corrected chi connectivity index (χ2v) is 5.43. The van der Waals surface area contributed by atoms with E-state index >= 15 is 0 Å². The lowest BCUT2D eigenvalue weighted by molar-refractivity contribution is 0.416. The van der Waals surface area contributed by atoms with E-state index in [1.54, 1.807) is 18.4 Å². The number of para-hydroxylation sites is 2. The van der Waals surface area contributed by atoms with Crippen LogP contribution >= 0.6 is 11.3 Å². The summed E-state index contributed by atoms with van der Waals surface area (Å²) in [5, 5.41) is 4.49. The average molecular weight is 291 g/mol. The van der Waals surface area contributed by atoms with Crippen LogP contribution in [0.5, 0.6) is 5.75 Å². The lowest BCUT2D eigenvalue weighted by atomic mass is 10.3. The first-order valence-corrected chi connectivity index (χ1v) is 7.66. The maximum atomic E-state index is 5.33. The second kappa shape index (κ2) is 7.14. The van der Waals surface area contributed by atoms with Gasteiger partial charge in [-0.05, 0) is 26.0 Å². The molecule has 108 valence electrons. The molecule has 5 heteroatoms. The highest BCUT2D eigenvalue weighted by atomic mass is 32.1. The number of anilines is 2. The zero-order valence-corrected chi connectivity index (χ0v) is 13.0. The van der Waals surface area contributed by atoms with Crippen molar-refractivity contribution in [2.24, 2.45) is 0 Å². The van der Waals surface area contributed by atoms with Crippen LogP contribution in [0.25, 0.3) is 0 Å². The summed E-state index contributed by atoms with van der Waals surface area (Å²) in [5.41, 5.74) is 1.01. The average Bonchev–Trinajstić information content (AvgIpc) is 2.95. The van der Waals surface area contributed by atoms with Crippen molar-refractivity contribution in [2.45, 2.75) is 20.4 Å². The van der Waals surface area contributed by atoms with Crippen molar-refractivity contribution in [1.82, 2.24) is 4.98 Å². The van der Waals surface area contributed by atoms with Crippen molar-refractivity contribution in [1.29, 1.82) is 0 Å². The number of aromatic nitrogens is 1. The number of thiazole rings is 1. The van der Waals surface area contributed by atoms with Crippen LogP contribution in [0.3, 0.4) is 0 Å². The van der Waals surface area contributed by atoms with Gasteiger partial charge in [0.2, 0.25) is 0 Å². The summed E-state index contributed by atoms with van der Waals surface area (Å²) >= 11 is 1.73. The Kier molecular flexibility index (Phi) is 5.24. The molecule has 0 saturated heterocycles. The highest BCUT2D eigenvalue weighted by Gasteiger charge is 2.08. The highest BCUT2D eigenvalue weighted by Crippen LogP contribution is 2.26. The molecule has 1 heterocycles. The first-order valence-electron chi connectivity index (χ1n) is 6.85. The van der Waals surface area contributed by atoms with Gasteiger partial charge in [0.1, 0.15) is 5.75 Å². The molecule has 2 rings (SSSR count). The zero-order valence-electron chi connectivity index (χ0n) is 12.2. The summed E-state index contributed by atoms with van der Waals surface area (Å²) in [7, 11) is 1.69. The molecule has 0 radical (unpaired) electrons. The van der Waals surface area contributed by atoms with Crippen molar-refractivity contribution in [3.05, 3.63) is 35.3 Å². The van der Waals surface area contributed by atoms with Crippen LogP contribution < -0.4 is 15.0 Å². The standard InChI is InChI=1S/C15H21N3OS/c1-4-18(5-2)15-17-11-12(20-15)10-16-13-8-6-7-9-14(13)19-3/h6-9,11,16H,4-5,10H2,1-3H3. The smallest absolute Gasteiger partial charge is 0.185 e. The highest BCUT2D eigenvalue weighted by molar-refractivity contribution is 7.15. The van der Waals surface area contributed by atoms with Crippen LogP contribution in [0.1, 0.15) is 18.7 Å². The summed E-state index contributed by atoms with van der Waals surface area (Å²) in [6.45, 7) is 7.04. The number of nitrogens with zero attached hydrogens (tertiary/aromatic N) is 2. The van der Waals surface area contributed by atoms with Crippen LogP contribution in [0.2, 0.25) is 0 Å². The first kappa shape index (κ1) is 14.7. The SMILES string of the molecule is CCN(CC)c1ncc(CNc2ccccc2OC)s1. The predicted octanol–water partition coefficient (Wildman–Crippen LogP) is 3.61. The Balaban J connectivity index is 2.01. The van der Waals surface area contributed by atoms with Crippen LogP contribution in [0.15, 0.2) is 30.5 Å². The van der Waals surface area contributed by atoms with E-state index in [0.29, 0.717) is 0 Å². The molecule has 2 aromatic rings. The van der Waals surface area contributed by atoms with E-state index in [9.17, 15) is 0 Å². The van der Waals surface area contributed by atoms with Gasteiger partial charge in [-0.2, -0.15) is 0 Å². The van der Waals surface area contributed by atoms with Crippen molar-refractivity contribution in [2.75, 3.05) is 30.4 Å². The lowest BCUT2D eigenvalue weighted by Crippen LogP contribution is -2.21. The predicted molar refractivity (Wildman–Crippen MR) is 86.0 cm³/mol. The van der Waals surface area contributed by atoms with E-state index < -0.39 is 0 Å². The molecule has 0 atom stereocenters. The maximum Gasteiger partial charge on any atom is 0.185 e. The molecule has 0 fully saturated rings. The molecule has 0 bridgehead atoms. The fourth-order valence-corrected chi connectivity index (χ4v) is 2.97. The number of nitrogens with one attached hydrogen (secondary N) is 1. The Labute approximate surface area is 124 Å². The van der Waals surface area contributed by atoms with E-state index in [4.69, 9.17) is 4.74 Å². The molecule has 0 aliphatic heterocycles. The third kappa shape index (κ3) is 3.42. The fourth-order valence-electron chi connectivity index (χ4n) is 1.99. The van der Waals surface area contributed by atoms with E-state index in [1.165, 1.54) is 4.88 Å². The number of ether oxygens (including phenoxy) is 1. The number of rotatable bonds is 7. The Hall–Kier alpha value is -1.75. The summed E-state index contributed by atoms with van der Waals surface area (Å²) in [5.74, 6) is 0.862. The molecule has 0 spiro atoms. The summed E-state index contributed by atoms with van der Waals surface area (Å²) < 4.78 is 5.33. The van der Waals surface area contributed by atoms with Crippen LogP contribution in [0, 0.1) is 0 Å². The molecular formula is C15H21N3OS. The van der Waals surface area contributed by atoms with Crippen molar-refractivity contribution < 1.29 is 4.74 Å². The minimum atomic E-state index is 0.763. The van der Waals surface area contributed by atoms with Gasteiger partial charge >= 0.3 is 0 Å². The van der Waals surface area contributed by atoms with Gasteiger partial charge in [-0.1, -0.05) is 12.1 Å². The Morgan fingerprint density at radius 2 is 2.00 bits per heavy atom. The van der Waals surface area contributed by atoms with Crippen LogP contribution in [-0.2, 0) is 6.54 Å². The molecule has 0 saturated carbocycles. The number of methoxy groups -OCH3 is 1. The monoisotopic (exact) mass is 291 g/mol. The zero-order chi connectivity index (χ0) is 14.4. The van der Waals surface area contributed by atoms with E-state index in [1.807, 2.05) is 30.5 Å². The number of benzene rings is 1. The topological polar surface area (TPSA) is 37.4 Å². The summed E-state index contributed by atoms with van der Waals surface area (Å²) in [6.07, 6.45) is 1.95. The molecule has 1 N–H and O–H groups in total. The van der Waals surface area contributed by atoms with Crippen molar-refractivity contribution >= 4 is 22.2 Å². The minimum absolute atomic E-state index is 0.763. The molecule has 0 unspecified atom stereocenters. The van der Waals surface area contributed by atoms with Gasteiger partial charge in [-0.3, -0.25) is 0 Å². The number of hydrogen-bond donors (Lipinski definition) is 1. The third-order valence-corrected chi connectivity index (χ3v) is 4.19. The third-order valence-electron chi connectivity index (χ3n) is 3.14. The van der Waals surface area contributed by atoms with Gasteiger partial charge in [0.05, 0.1) is 19.3 Å². The molecule has 4 nitrogen and oxygen atoms in total. The first-order chi connectivity index (χ1) is 9.78. The van der Waals surface area contributed by atoms with Gasteiger partial charge in [-0.15, -0.1) is 11.3 Å². The summed E-state index contributed by atoms with van der Waals surface area (Å²) in [6, 6.07) is 7.94. The van der Waals surface area contributed by atoms with E-state index in [2.05, 4.69) is 29.0 Å². The van der Waals surface area contributed by atoms with Crippen molar-refractivity contribution in [3.63, 3.8) is 0 Å². The quantitative estimate of drug-likeness (QED) is 0.845. The normalized spacial score (nSPS) is 10.3. The molecular weight excluding hydrogens is 270 g/mol. The minimum Gasteiger partial charge on any atom is -0.495 e. The maximum absolute atomic E-state index is 5.33. The summed E-state index contributed by atoms with van der Waals surface area (Å²) in [4.78, 5) is 7.97. The van der Waals surface area contributed by atoms with Gasteiger partial charge in [0, 0.05) is 24.2 Å². The second-order valence-electron chi connectivity index (χ2n) is 4.34. The Morgan fingerprint density at radius 3 is 2.70 bits per heavy atom. The van der Waals surface area contributed by atoms with Crippen LogP contribution in [-0.4, -0.2) is 25.2 Å². The van der Waals surface area contributed by atoms with Crippen LogP contribution in [0.4, 0.5) is 10.8 Å². The molecule has 20 heavy (non-hydrogen) atoms. The fraction of sp³-hybridized carbons (Fsp3) is 0.400. The molecule has 0 amide bonds. The van der Waals surface area contributed by atoms with Crippen molar-refractivity contribution in [3.8, 4) is 5.75 Å². The van der Waals surface area contributed by atoms with Gasteiger partial charge < -0.3 is 15.0 Å². The van der Waals surface area contributed by atoms with Gasteiger partial charge in [0.25, 0.3) is 0 Å². The lowest BCUT2D eigenvalue weighted by Gasteiger charge is -2.16. The Bertz CT molecular complexity index is 537. The Morgan fingerprint density at radius 1 is 1.25 bits per heavy atom.